The van der Waals surface area contributed by atoms with Crippen molar-refractivity contribution in [3.63, 3.8) is 0 Å². The largest absolute Gasteiger partial charge is 0.339 e. The van der Waals surface area contributed by atoms with Crippen LogP contribution in [0, 0.1) is 0 Å². The van der Waals surface area contributed by atoms with E-state index in [9.17, 15) is 9.59 Å². The van der Waals surface area contributed by atoms with Crippen molar-refractivity contribution in [2.75, 3.05) is 19.4 Å². The van der Waals surface area contributed by atoms with Crippen molar-refractivity contribution in [3.05, 3.63) is 65.7 Å². The first-order chi connectivity index (χ1) is 12.3. The van der Waals surface area contributed by atoms with Crippen molar-refractivity contribution < 1.29 is 9.59 Å². The maximum Gasteiger partial charge on any atom is 0.285 e. The predicted octanol–water partition coefficient (Wildman–Crippen LogP) is 5.24. The Balaban J connectivity index is 1.91. The van der Waals surface area contributed by atoms with Crippen molar-refractivity contribution in [2.45, 2.75) is 24.7 Å². The first-order valence-corrected chi connectivity index (χ1v) is 9.25. The van der Waals surface area contributed by atoms with E-state index in [1.165, 1.54) is 16.5 Å². The lowest BCUT2D eigenvalue weighted by atomic mass is 10.0. The molecule has 2 amide bonds. The molecular formula is C21H24N2O2S. The van der Waals surface area contributed by atoms with Gasteiger partial charge in [-0.25, -0.2) is 0 Å². The summed E-state index contributed by atoms with van der Waals surface area (Å²) in [5.41, 5.74) is 2.95. The van der Waals surface area contributed by atoms with Crippen LogP contribution in [0.4, 0.5) is 10.5 Å². The van der Waals surface area contributed by atoms with Gasteiger partial charge in [0.05, 0.1) is 0 Å². The monoisotopic (exact) mass is 368 g/mol. The van der Waals surface area contributed by atoms with E-state index < -0.39 is 0 Å². The highest BCUT2D eigenvalue weighted by atomic mass is 32.2. The van der Waals surface area contributed by atoms with Gasteiger partial charge in [0, 0.05) is 30.8 Å². The third kappa shape index (κ3) is 6.08. The average molecular weight is 369 g/mol. The van der Waals surface area contributed by atoms with Gasteiger partial charge in [-0.1, -0.05) is 38.1 Å². The van der Waals surface area contributed by atoms with Crippen molar-refractivity contribution in [2.24, 2.45) is 0 Å². The number of anilines is 1. The van der Waals surface area contributed by atoms with Gasteiger partial charge in [0.25, 0.3) is 5.24 Å². The molecule has 0 aliphatic rings. The van der Waals surface area contributed by atoms with Crippen LogP contribution in [0.2, 0.25) is 0 Å². The lowest BCUT2D eigenvalue weighted by Crippen LogP contribution is -2.16. The van der Waals surface area contributed by atoms with Crippen LogP contribution >= 0.6 is 11.8 Å². The lowest BCUT2D eigenvalue weighted by molar-refractivity contribution is -0.111. The summed E-state index contributed by atoms with van der Waals surface area (Å²) in [4.78, 5) is 26.1. The highest BCUT2D eigenvalue weighted by Crippen LogP contribution is 2.22. The smallest absolute Gasteiger partial charge is 0.285 e. The summed E-state index contributed by atoms with van der Waals surface area (Å²) in [5, 5.41) is 2.78. The second-order valence-electron chi connectivity index (χ2n) is 6.43. The lowest BCUT2D eigenvalue weighted by Gasteiger charge is -2.09. The van der Waals surface area contributed by atoms with Gasteiger partial charge in [-0.15, -0.1) is 0 Å². The maximum atomic E-state index is 12.0. The summed E-state index contributed by atoms with van der Waals surface area (Å²) >= 11 is 1.15. The second kappa shape index (κ2) is 9.25. The minimum atomic E-state index is -0.192. The zero-order valence-electron chi connectivity index (χ0n) is 15.5. The molecule has 1 N–H and O–H groups in total. The Morgan fingerprint density at radius 2 is 1.62 bits per heavy atom. The zero-order chi connectivity index (χ0) is 19.1. The summed E-state index contributed by atoms with van der Waals surface area (Å²) in [5.74, 6) is 0.299. The van der Waals surface area contributed by atoms with Crippen LogP contribution in [0.5, 0.6) is 0 Å². The minimum absolute atomic E-state index is 0.0341. The molecule has 5 heteroatoms. The molecule has 0 aromatic heterocycles. The van der Waals surface area contributed by atoms with Crippen LogP contribution in [0.15, 0.2) is 59.5 Å². The van der Waals surface area contributed by atoms with Gasteiger partial charge in [0.1, 0.15) is 0 Å². The van der Waals surface area contributed by atoms with Crippen LogP contribution in [-0.2, 0) is 4.79 Å². The van der Waals surface area contributed by atoms with Crippen molar-refractivity contribution in [1.29, 1.82) is 0 Å². The SMILES string of the molecule is CC(C)c1ccc(/C=C/C(=O)Nc2ccc(SC(=O)N(C)C)cc2)cc1. The minimum Gasteiger partial charge on any atom is -0.339 e. The van der Waals surface area contributed by atoms with E-state index in [4.69, 9.17) is 0 Å². The molecule has 0 aliphatic carbocycles. The molecule has 2 rings (SSSR count). The van der Waals surface area contributed by atoms with E-state index in [2.05, 4.69) is 31.3 Å². The fourth-order valence-electron chi connectivity index (χ4n) is 2.15. The van der Waals surface area contributed by atoms with E-state index in [1.807, 2.05) is 24.3 Å². The normalized spacial score (nSPS) is 11.0. The molecule has 0 radical (unpaired) electrons. The first kappa shape index (κ1) is 19.8. The number of thioether (sulfide) groups is 1. The molecule has 0 bridgehead atoms. The number of hydrogen-bond acceptors (Lipinski definition) is 3. The molecule has 0 fully saturated rings. The number of benzene rings is 2. The predicted molar refractivity (Wildman–Crippen MR) is 110 cm³/mol. The summed E-state index contributed by atoms with van der Waals surface area (Å²) in [6.07, 6.45) is 3.31. The number of hydrogen-bond donors (Lipinski definition) is 1. The Kier molecular flexibility index (Phi) is 7.04. The van der Waals surface area contributed by atoms with Gasteiger partial charge in [-0.05, 0) is 59.1 Å². The van der Waals surface area contributed by atoms with Crippen molar-refractivity contribution in [3.8, 4) is 0 Å². The van der Waals surface area contributed by atoms with E-state index in [1.54, 1.807) is 32.3 Å². The van der Waals surface area contributed by atoms with Gasteiger partial charge in [-0.3, -0.25) is 9.59 Å². The average Bonchev–Trinajstić information content (AvgIpc) is 2.62. The number of rotatable bonds is 5. The molecule has 0 atom stereocenters. The molecule has 0 heterocycles. The fraction of sp³-hybridized carbons (Fsp3) is 0.238. The van der Waals surface area contributed by atoms with Gasteiger partial charge in [-0.2, -0.15) is 0 Å². The molecule has 0 saturated carbocycles. The Hall–Kier alpha value is -2.53. The number of nitrogens with zero attached hydrogens (tertiary/aromatic N) is 1. The highest BCUT2D eigenvalue weighted by molar-refractivity contribution is 8.13. The molecule has 0 unspecified atom stereocenters. The van der Waals surface area contributed by atoms with Gasteiger partial charge in [0.15, 0.2) is 0 Å². The molecule has 4 nitrogen and oxygen atoms in total. The van der Waals surface area contributed by atoms with E-state index in [0.717, 1.165) is 22.2 Å². The third-order valence-corrected chi connectivity index (χ3v) is 4.77. The number of nitrogens with one attached hydrogen (secondary N) is 1. The molecule has 136 valence electrons. The van der Waals surface area contributed by atoms with Crippen molar-refractivity contribution in [1.82, 2.24) is 4.90 Å². The Bertz CT molecular complexity index is 779. The maximum absolute atomic E-state index is 12.0. The van der Waals surface area contributed by atoms with Crippen LogP contribution in [0.1, 0.15) is 30.9 Å². The van der Waals surface area contributed by atoms with Crippen LogP contribution in [0.3, 0.4) is 0 Å². The van der Waals surface area contributed by atoms with Crippen LogP contribution < -0.4 is 5.32 Å². The Morgan fingerprint density at radius 3 is 2.15 bits per heavy atom. The Morgan fingerprint density at radius 1 is 1.00 bits per heavy atom. The van der Waals surface area contributed by atoms with Crippen LogP contribution in [-0.4, -0.2) is 30.1 Å². The molecule has 0 aliphatic heterocycles. The standard InChI is InChI=1S/C21H24N2O2S/c1-15(2)17-8-5-16(6-9-17)7-14-20(24)22-18-10-12-19(13-11-18)26-21(25)23(3)4/h5-15H,1-4H3,(H,22,24)/b14-7+. The van der Waals surface area contributed by atoms with E-state index in [0.29, 0.717) is 11.6 Å². The summed E-state index contributed by atoms with van der Waals surface area (Å²) < 4.78 is 0. The number of carbonyl (C=O) groups is 2. The molecule has 0 spiro atoms. The zero-order valence-corrected chi connectivity index (χ0v) is 16.3. The summed E-state index contributed by atoms with van der Waals surface area (Å²) in [7, 11) is 3.43. The van der Waals surface area contributed by atoms with E-state index in [-0.39, 0.29) is 11.1 Å². The van der Waals surface area contributed by atoms with Gasteiger partial charge in [0.2, 0.25) is 5.91 Å². The fourth-order valence-corrected chi connectivity index (χ4v) is 2.80. The molecule has 2 aromatic rings. The van der Waals surface area contributed by atoms with Crippen molar-refractivity contribution >= 4 is 34.7 Å². The molecule has 26 heavy (non-hydrogen) atoms. The number of amides is 2. The van der Waals surface area contributed by atoms with Gasteiger partial charge < -0.3 is 10.2 Å². The molecular weight excluding hydrogens is 344 g/mol. The highest BCUT2D eigenvalue weighted by Gasteiger charge is 2.06. The summed E-state index contributed by atoms with van der Waals surface area (Å²) in [6.45, 7) is 4.30. The molecule has 2 aromatic carbocycles. The second-order valence-corrected chi connectivity index (χ2v) is 7.46. The van der Waals surface area contributed by atoms with E-state index >= 15 is 0 Å². The first-order valence-electron chi connectivity index (χ1n) is 8.43. The molecule has 0 saturated heterocycles. The topological polar surface area (TPSA) is 49.4 Å². The Labute approximate surface area is 159 Å². The van der Waals surface area contributed by atoms with Crippen LogP contribution in [0.25, 0.3) is 6.08 Å². The number of carbonyl (C=O) groups excluding carboxylic acids is 2. The quantitative estimate of drug-likeness (QED) is 0.580. The summed E-state index contributed by atoms with van der Waals surface area (Å²) in [6, 6.07) is 15.4. The third-order valence-electron chi connectivity index (χ3n) is 3.72. The van der Waals surface area contributed by atoms with Gasteiger partial charge >= 0.3 is 0 Å².